The first-order valence-corrected chi connectivity index (χ1v) is 6.29. The Hall–Kier alpha value is -2.48. The molecule has 0 bridgehead atoms. The highest BCUT2D eigenvalue weighted by Gasteiger charge is 2.15. The topological polar surface area (TPSA) is 61.6 Å². The molecule has 1 aromatic carbocycles. The van der Waals surface area contributed by atoms with E-state index in [1.54, 1.807) is 25.1 Å². The zero-order chi connectivity index (χ0) is 14.7. The van der Waals surface area contributed by atoms with E-state index in [1.807, 2.05) is 13.8 Å². The first-order valence-electron chi connectivity index (χ1n) is 6.29. The van der Waals surface area contributed by atoms with Crippen molar-refractivity contribution in [2.75, 3.05) is 5.32 Å². The lowest BCUT2D eigenvalue weighted by atomic mass is 10.1. The summed E-state index contributed by atoms with van der Waals surface area (Å²) in [5.74, 6) is 0.0918. The van der Waals surface area contributed by atoms with Gasteiger partial charge in [-0.25, -0.2) is 4.39 Å². The number of benzene rings is 1. The number of anilines is 1. The molecular weight excluding hydrogens is 255 g/mol. The summed E-state index contributed by atoms with van der Waals surface area (Å²) in [6, 6.07) is 8.33. The van der Waals surface area contributed by atoms with Gasteiger partial charge in [-0.15, -0.1) is 5.10 Å². The zero-order valence-electron chi connectivity index (χ0n) is 11.6. The van der Waals surface area contributed by atoms with Crippen molar-refractivity contribution in [3.8, 4) is 6.07 Å². The lowest BCUT2D eigenvalue weighted by Crippen LogP contribution is -2.13. The van der Waals surface area contributed by atoms with Gasteiger partial charge in [-0.3, -0.25) is 0 Å². The highest BCUT2D eigenvalue weighted by Crippen LogP contribution is 2.24. The smallest absolute Gasteiger partial charge is 0.167 e. The Kier molecular flexibility index (Phi) is 3.94. The summed E-state index contributed by atoms with van der Waals surface area (Å²) in [4.78, 5) is 0. The third-order valence-corrected chi connectivity index (χ3v) is 3.29. The molecule has 2 aromatic rings. The average Bonchev–Trinajstić information content (AvgIpc) is 2.43. The normalized spacial score (nSPS) is 11.8. The van der Waals surface area contributed by atoms with Crippen molar-refractivity contribution >= 4 is 5.82 Å². The van der Waals surface area contributed by atoms with Crippen molar-refractivity contribution in [2.24, 2.45) is 0 Å². The molecular formula is C15H15FN4. The van der Waals surface area contributed by atoms with Crippen molar-refractivity contribution in [2.45, 2.75) is 26.8 Å². The number of nitriles is 1. The average molecular weight is 270 g/mol. The van der Waals surface area contributed by atoms with Gasteiger partial charge in [-0.2, -0.15) is 10.4 Å². The highest BCUT2D eigenvalue weighted by atomic mass is 19.1. The van der Waals surface area contributed by atoms with Crippen molar-refractivity contribution in [1.29, 1.82) is 5.26 Å². The van der Waals surface area contributed by atoms with Crippen LogP contribution in [0.1, 0.15) is 35.3 Å². The molecule has 0 aliphatic heterocycles. The van der Waals surface area contributed by atoms with Gasteiger partial charge in [0.15, 0.2) is 5.82 Å². The lowest BCUT2D eigenvalue weighted by Gasteiger charge is -2.17. The summed E-state index contributed by atoms with van der Waals surface area (Å²) >= 11 is 0. The van der Waals surface area contributed by atoms with Crippen LogP contribution < -0.4 is 5.32 Å². The summed E-state index contributed by atoms with van der Waals surface area (Å²) < 4.78 is 13.7. The molecule has 2 rings (SSSR count). The summed E-state index contributed by atoms with van der Waals surface area (Å²) in [5.41, 5.74) is 2.47. The summed E-state index contributed by atoms with van der Waals surface area (Å²) in [6.07, 6.45) is 0. The number of halogens is 1. The molecule has 1 aromatic heterocycles. The number of nitrogens with zero attached hydrogens (tertiary/aromatic N) is 3. The molecule has 20 heavy (non-hydrogen) atoms. The molecule has 0 spiro atoms. The van der Waals surface area contributed by atoms with Gasteiger partial charge < -0.3 is 5.32 Å². The molecule has 1 atom stereocenters. The summed E-state index contributed by atoms with van der Waals surface area (Å²) in [6.45, 7) is 5.44. The molecule has 0 radical (unpaired) electrons. The van der Waals surface area contributed by atoms with Gasteiger partial charge in [0.05, 0.1) is 11.7 Å². The fraction of sp³-hybridized carbons (Fsp3) is 0.267. The third kappa shape index (κ3) is 2.59. The van der Waals surface area contributed by atoms with Gasteiger partial charge in [0.25, 0.3) is 0 Å². The molecule has 4 nitrogen and oxygen atoms in total. The molecule has 0 saturated heterocycles. The van der Waals surface area contributed by atoms with Crippen LogP contribution in [0.15, 0.2) is 24.3 Å². The Balaban J connectivity index is 2.34. The van der Waals surface area contributed by atoms with Crippen molar-refractivity contribution in [3.63, 3.8) is 0 Å². The van der Waals surface area contributed by atoms with E-state index in [1.165, 1.54) is 6.07 Å². The van der Waals surface area contributed by atoms with Crippen LogP contribution in [0.5, 0.6) is 0 Å². The van der Waals surface area contributed by atoms with Gasteiger partial charge in [-0.1, -0.05) is 18.2 Å². The van der Waals surface area contributed by atoms with Gasteiger partial charge in [0.1, 0.15) is 17.4 Å². The van der Waals surface area contributed by atoms with E-state index in [2.05, 4.69) is 21.6 Å². The van der Waals surface area contributed by atoms with Crippen LogP contribution in [0, 0.1) is 31.0 Å². The number of aryl methyl sites for hydroxylation is 1. The first kappa shape index (κ1) is 13.9. The Morgan fingerprint density at radius 3 is 2.60 bits per heavy atom. The predicted molar refractivity (Wildman–Crippen MR) is 74.7 cm³/mol. The molecule has 0 amide bonds. The minimum absolute atomic E-state index is 0.289. The summed E-state index contributed by atoms with van der Waals surface area (Å²) in [7, 11) is 0. The Bertz CT molecular complexity index is 676. The molecule has 102 valence electrons. The standard InChI is InChI=1S/C15H15FN4/c1-9-10(2)19-20-15(13(9)8-17)18-11(3)12-6-4-5-7-14(12)16/h4-7,11H,1-3H3,(H,18,20). The van der Waals surface area contributed by atoms with Crippen LogP contribution >= 0.6 is 0 Å². The highest BCUT2D eigenvalue weighted by molar-refractivity contribution is 5.56. The fourth-order valence-corrected chi connectivity index (χ4v) is 1.96. The third-order valence-electron chi connectivity index (χ3n) is 3.29. The maximum atomic E-state index is 13.7. The van der Waals surface area contributed by atoms with E-state index >= 15 is 0 Å². The Morgan fingerprint density at radius 2 is 1.95 bits per heavy atom. The van der Waals surface area contributed by atoms with Crippen LogP contribution in [-0.2, 0) is 0 Å². The van der Waals surface area contributed by atoms with E-state index in [0.29, 0.717) is 22.6 Å². The van der Waals surface area contributed by atoms with Crippen LogP contribution in [0.25, 0.3) is 0 Å². The molecule has 0 fully saturated rings. The van der Waals surface area contributed by atoms with Gasteiger partial charge in [0, 0.05) is 5.56 Å². The molecule has 0 saturated carbocycles. The fourth-order valence-electron chi connectivity index (χ4n) is 1.96. The van der Waals surface area contributed by atoms with Crippen LogP contribution in [-0.4, -0.2) is 10.2 Å². The van der Waals surface area contributed by atoms with Crippen LogP contribution in [0.4, 0.5) is 10.2 Å². The zero-order valence-corrected chi connectivity index (χ0v) is 11.6. The van der Waals surface area contributed by atoms with E-state index in [9.17, 15) is 9.65 Å². The SMILES string of the molecule is Cc1nnc(NC(C)c2ccccc2F)c(C#N)c1C. The van der Waals surface area contributed by atoms with Crippen LogP contribution in [0.2, 0.25) is 0 Å². The minimum atomic E-state index is -0.306. The van der Waals surface area contributed by atoms with E-state index in [0.717, 1.165) is 5.56 Å². The second-order valence-corrected chi connectivity index (χ2v) is 4.63. The van der Waals surface area contributed by atoms with Crippen LogP contribution in [0.3, 0.4) is 0 Å². The Morgan fingerprint density at radius 1 is 1.25 bits per heavy atom. The molecule has 1 unspecified atom stereocenters. The maximum Gasteiger partial charge on any atom is 0.167 e. The largest absolute Gasteiger partial charge is 0.361 e. The molecule has 1 N–H and O–H groups in total. The predicted octanol–water partition coefficient (Wildman–Crippen LogP) is 3.28. The maximum absolute atomic E-state index is 13.7. The molecule has 5 heteroatoms. The number of aromatic nitrogens is 2. The number of nitrogens with one attached hydrogen (secondary N) is 1. The van der Waals surface area contributed by atoms with E-state index < -0.39 is 0 Å². The number of hydrogen-bond donors (Lipinski definition) is 1. The van der Waals surface area contributed by atoms with E-state index in [-0.39, 0.29) is 11.9 Å². The van der Waals surface area contributed by atoms with Crippen molar-refractivity contribution in [1.82, 2.24) is 10.2 Å². The second-order valence-electron chi connectivity index (χ2n) is 4.63. The van der Waals surface area contributed by atoms with Gasteiger partial charge in [0.2, 0.25) is 0 Å². The molecule has 0 aliphatic rings. The minimum Gasteiger partial charge on any atom is -0.361 e. The Labute approximate surface area is 117 Å². The van der Waals surface area contributed by atoms with Crippen molar-refractivity contribution < 1.29 is 4.39 Å². The van der Waals surface area contributed by atoms with E-state index in [4.69, 9.17) is 0 Å². The molecule has 0 aliphatic carbocycles. The van der Waals surface area contributed by atoms with Gasteiger partial charge >= 0.3 is 0 Å². The number of hydrogen-bond acceptors (Lipinski definition) is 4. The lowest BCUT2D eigenvalue weighted by molar-refractivity contribution is 0.600. The summed E-state index contributed by atoms with van der Waals surface area (Å²) in [5, 5.41) is 20.3. The molecule has 1 heterocycles. The number of rotatable bonds is 3. The van der Waals surface area contributed by atoms with Crippen molar-refractivity contribution in [3.05, 3.63) is 52.5 Å². The monoisotopic (exact) mass is 270 g/mol. The quantitative estimate of drug-likeness (QED) is 0.929. The second kappa shape index (κ2) is 5.66. The van der Waals surface area contributed by atoms with Gasteiger partial charge in [-0.05, 0) is 32.4 Å². The first-order chi connectivity index (χ1) is 9.54.